The fraction of sp³-hybridized carbons (Fsp3) is 0.294. The summed E-state index contributed by atoms with van der Waals surface area (Å²) >= 11 is 0. The molecule has 0 unspecified atom stereocenters. The van der Waals surface area contributed by atoms with E-state index in [0.29, 0.717) is 5.56 Å². The van der Waals surface area contributed by atoms with Crippen molar-refractivity contribution < 1.29 is 18.4 Å². The minimum Gasteiger partial charge on any atom is -0.472 e. The molecule has 1 N–H and O–H groups in total. The zero-order valence-electron chi connectivity index (χ0n) is 13.2. The monoisotopic (exact) mass is 318 g/mol. The quantitative estimate of drug-likeness (QED) is 0.922. The first-order valence-corrected chi connectivity index (χ1v) is 7.25. The van der Waals surface area contributed by atoms with E-state index in [1.165, 1.54) is 35.6 Å². The second-order valence-electron chi connectivity index (χ2n) is 5.38. The lowest BCUT2D eigenvalue weighted by Crippen LogP contribution is -2.46. The van der Waals surface area contributed by atoms with Crippen LogP contribution >= 0.6 is 0 Å². The molecule has 0 bridgehead atoms. The lowest BCUT2D eigenvalue weighted by Gasteiger charge is -2.28. The molecule has 6 heteroatoms. The van der Waals surface area contributed by atoms with Crippen molar-refractivity contribution >= 4 is 11.8 Å². The van der Waals surface area contributed by atoms with Crippen molar-refractivity contribution in [2.45, 2.75) is 25.9 Å². The zero-order valence-corrected chi connectivity index (χ0v) is 13.2. The van der Waals surface area contributed by atoms with Gasteiger partial charge in [-0.15, -0.1) is 0 Å². The molecule has 122 valence electrons. The molecule has 1 heterocycles. The van der Waals surface area contributed by atoms with E-state index in [2.05, 4.69) is 5.32 Å². The summed E-state index contributed by atoms with van der Waals surface area (Å²) in [6.07, 6.45) is 2.71. The molecule has 2 aromatic rings. The number of furan rings is 1. The molecule has 0 fully saturated rings. The van der Waals surface area contributed by atoms with E-state index in [9.17, 15) is 14.0 Å². The lowest BCUT2D eigenvalue weighted by atomic mass is 10.1. The third kappa shape index (κ3) is 3.97. The Labute approximate surface area is 134 Å². The molecule has 5 nitrogen and oxygen atoms in total. The smallest absolute Gasteiger partial charge is 0.255 e. The highest BCUT2D eigenvalue weighted by molar-refractivity contribution is 5.97. The van der Waals surface area contributed by atoms with Gasteiger partial charge in [-0.05, 0) is 37.6 Å². The molecule has 0 saturated carbocycles. The van der Waals surface area contributed by atoms with Crippen molar-refractivity contribution in [3.63, 3.8) is 0 Å². The van der Waals surface area contributed by atoms with Crippen LogP contribution in [0.3, 0.4) is 0 Å². The minimum atomic E-state index is -0.690. The summed E-state index contributed by atoms with van der Waals surface area (Å²) in [6.45, 7) is 3.46. The number of benzene rings is 1. The first-order chi connectivity index (χ1) is 10.9. The molecule has 0 aliphatic heterocycles. The Morgan fingerprint density at radius 3 is 2.39 bits per heavy atom. The van der Waals surface area contributed by atoms with Gasteiger partial charge in [-0.2, -0.15) is 0 Å². The average Bonchev–Trinajstić information content (AvgIpc) is 3.08. The average molecular weight is 318 g/mol. The number of nitrogens with one attached hydrogen (secondary N) is 1. The van der Waals surface area contributed by atoms with Crippen LogP contribution in [0.2, 0.25) is 0 Å². The van der Waals surface area contributed by atoms with Gasteiger partial charge in [0.2, 0.25) is 5.91 Å². The highest BCUT2D eigenvalue weighted by Gasteiger charge is 2.24. The van der Waals surface area contributed by atoms with Crippen molar-refractivity contribution in [1.82, 2.24) is 10.2 Å². The molecule has 1 aromatic heterocycles. The van der Waals surface area contributed by atoms with Gasteiger partial charge in [-0.1, -0.05) is 12.1 Å². The van der Waals surface area contributed by atoms with Gasteiger partial charge in [0, 0.05) is 7.05 Å². The van der Waals surface area contributed by atoms with E-state index < -0.39 is 6.04 Å². The number of amides is 2. The minimum absolute atomic E-state index is 0.237. The first kappa shape index (κ1) is 16.7. The van der Waals surface area contributed by atoms with E-state index in [0.717, 1.165) is 5.56 Å². The van der Waals surface area contributed by atoms with Crippen molar-refractivity contribution in [2.24, 2.45) is 0 Å². The van der Waals surface area contributed by atoms with E-state index in [4.69, 9.17) is 4.42 Å². The number of nitrogens with zero attached hydrogens (tertiary/aromatic N) is 1. The van der Waals surface area contributed by atoms with Crippen molar-refractivity contribution in [3.05, 3.63) is 59.8 Å². The van der Waals surface area contributed by atoms with Gasteiger partial charge in [-0.3, -0.25) is 9.59 Å². The van der Waals surface area contributed by atoms with Crippen LogP contribution in [0.25, 0.3) is 0 Å². The molecule has 23 heavy (non-hydrogen) atoms. The molecular formula is C17H19FN2O3. The van der Waals surface area contributed by atoms with Crippen molar-refractivity contribution in [1.29, 1.82) is 0 Å². The Hall–Kier alpha value is -2.63. The number of carbonyl (C=O) groups is 2. The molecule has 2 atom stereocenters. The van der Waals surface area contributed by atoms with E-state index >= 15 is 0 Å². The van der Waals surface area contributed by atoms with Gasteiger partial charge in [0.25, 0.3) is 5.91 Å². The predicted molar refractivity (Wildman–Crippen MR) is 83.2 cm³/mol. The lowest BCUT2D eigenvalue weighted by molar-refractivity contribution is -0.133. The summed E-state index contributed by atoms with van der Waals surface area (Å²) < 4.78 is 17.8. The summed E-state index contributed by atoms with van der Waals surface area (Å²) in [7, 11) is 1.65. The SMILES string of the molecule is C[C@@H](NC(=O)c1ccoc1)C(=O)N(C)[C@@H](C)c1ccc(F)cc1. The van der Waals surface area contributed by atoms with Gasteiger partial charge in [0.15, 0.2) is 0 Å². The van der Waals surface area contributed by atoms with Crippen LogP contribution in [0.4, 0.5) is 4.39 Å². The topological polar surface area (TPSA) is 62.6 Å². The third-order valence-corrected chi connectivity index (χ3v) is 3.78. The number of hydrogen-bond donors (Lipinski definition) is 1. The standard InChI is InChI=1S/C17H19FN2O3/c1-11(19-16(21)14-8-9-23-10-14)17(22)20(3)12(2)13-4-6-15(18)7-5-13/h4-12H,1-3H3,(H,19,21)/t11-,12+/m1/s1. The maximum atomic E-state index is 13.0. The Balaban J connectivity index is 2.00. The third-order valence-electron chi connectivity index (χ3n) is 3.78. The molecule has 0 radical (unpaired) electrons. The van der Waals surface area contributed by atoms with Gasteiger partial charge in [0.1, 0.15) is 18.1 Å². The Morgan fingerprint density at radius 1 is 1.17 bits per heavy atom. The Morgan fingerprint density at radius 2 is 1.83 bits per heavy atom. The van der Waals surface area contributed by atoms with Gasteiger partial charge in [-0.25, -0.2) is 4.39 Å². The molecule has 1 aromatic carbocycles. The fourth-order valence-electron chi connectivity index (χ4n) is 2.20. The summed E-state index contributed by atoms with van der Waals surface area (Å²) in [6, 6.07) is 6.58. The molecule has 0 saturated heterocycles. The Bertz CT molecular complexity index is 668. The molecule has 0 aliphatic carbocycles. The normalized spacial score (nSPS) is 13.2. The van der Waals surface area contributed by atoms with E-state index in [1.54, 1.807) is 26.1 Å². The van der Waals surface area contributed by atoms with Crippen LogP contribution in [-0.4, -0.2) is 29.8 Å². The number of carbonyl (C=O) groups excluding carboxylic acids is 2. The molecular weight excluding hydrogens is 299 g/mol. The van der Waals surface area contributed by atoms with Gasteiger partial charge >= 0.3 is 0 Å². The van der Waals surface area contributed by atoms with Crippen LogP contribution in [0.5, 0.6) is 0 Å². The number of hydrogen-bond acceptors (Lipinski definition) is 3. The second kappa shape index (κ2) is 7.09. The van der Waals surface area contributed by atoms with E-state index in [1.807, 2.05) is 6.92 Å². The van der Waals surface area contributed by atoms with Crippen LogP contribution in [0.1, 0.15) is 35.8 Å². The maximum absolute atomic E-state index is 13.0. The summed E-state index contributed by atoms with van der Waals surface area (Å²) in [5.41, 5.74) is 1.18. The highest BCUT2D eigenvalue weighted by Crippen LogP contribution is 2.19. The molecule has 2 rings (SSSR count). The molecule has 2 amide bonds. The highest BCUT2D eigenvalue weighted by atomic mass is 19.1. The summed E-state index contributed by atoms with van der Waals surface area (Å²) in [5.74, 6) is -0.934. The summed E-state index contributed by atoms with van der Waals surface area (Å²) in [5, 5.41) is 2.63. The fourth-order valence-corrected chi connectivity index (χ4v) is 2.20. The second-order valence-corrected chi connectivity index (χ2v) is 5.38. The van der Waals surface area contributed by atoms with Crippen molar-refractivity contribution in [3.8, 4) is 0 Å². The number of likely N-dealkylation sites (N-methyl/N-ethyl adjacent to an activating group) is 1. The maximum Gasteiger partial charge on any atom is 0.255 e. The zero-order chi connectivity index (χ0) is 17.0. The Kier molecular flexibility index (Phi) is 5.16. The largest absolute Gasteiger partial charge is 0.472 e. The van der Waals surface area contributed by atoms with Gasteiger partial charge < -0.3 is 14.6 Å². The van der Waals surface area contributed by atoms with Crippen LogP contribution in [-0.2, 0) is 4.79 Å². The van der Waals surface area contributed by atoms with Crippen LogP contribution < -0.4 is 5.32 Å². The molecule has 0 aliphatic rings. The van der Waals surface area contributed by atoms with Gasteiger partial charge in [0.05, 0.1) is 17.9 Å². The summed E-state index contributed by atoms with van der Waals surface area (Å²) in [4.78, 5) is 25.9. The van der Waals surface area contributed by atoms with Crippen LogP contribution in [0, 0.1) is 5.82 Å². The molecule has 0 spiro atoms. The van der Waals surface area contributed by atoms with E-state index in [-0.39, 0.29) is 23.7 Å². The number of halogens is 1. The number of rotatable bonds is 5. The predicted octanol–water partition coefficient (Wildman–Crippen LogP) is 2.76. The van der Waals surface area contributed by atoms with Crippen molar-refractivity contribution in [2.75, 3.05) is 7.05 Å². The first-order valence-electron chi connectivity index (χ1n) is 7.25. The van der Waals surface area contributed by atoms with Crippen LogP contribution in [0.15, 0.2) is 47.3 Å².